The molecule has 1 rings (SSSR count). The molecule has 1 aromatic rings. The first kappa shape index (κ1) is 20.5. The molecular weight excluding hydrogens is 330 g/mol. The molecule has 0 bridgehead atoms. The van der Waals surface area contributed by atoms with Crippen molar-refractivity contribution in [3.63, 3.8) is 0 Å². The minimum absolute atomic E-state index is 0.0133. The fourth-order valence-corrected chi connectivity index (χ4v) is 2.32. The number of carbonyl (C=O) groups is 2. The number of carboxylic acid groups (broad SMARTS) is 1. The van der Waals surface area contributed by atoms with Crippen molar-refractivity contribution in [1.29, 1.82) is 0 Å². The molecular formula is C16H23N3O6. The van der Waals surface area contributed by atoms with Crippen LogP contribution in [0.4, 0.5) is 5.69 Å². The molecule has 0 aliphatic carbocycles. The van der Waals surface area contributed by atoms with E-state index in [4.69, 9.17) is 10.2 Å². The number of benzene rings is 1. The molecule has 0 fully saturated rings. The SMILES string of the molecule is O=C(O)CC(=O)NCCN(CCO)CCCc1ccc([N+](=O)[O-])cc1. The maximum Gasteiger partial charge on any atom is 0.312 e. The highest BCUT2D eigenvalue weighted by Gasteiger charge is 2.09. The van der Waals surface area contributed by atoms with Gasteiger partial charge >= 0.3 is 5.97 Å². The summed E-state index contributed by atoms with van der Waals surface area (Å²) in [6, 6.07) is 6.39. The number of hydrogen-bond donors (Lipinski definition) is 3. The molecule has 9 heteroatoms. The molecule has 1 amide bonds. The third-order valence-electron chi connectivity index (χ3n) is 3.57. The number of carboxylic acids is 1. The van der Waals surface area contributed by atoms with Crippen LogP contribution in [0.2, 0.25) is 0 Å². The van der Waals surface area contributed by atoms with Crippen LogP contribution in [0.5, 0.6) is 0 Å². The third-order valence-corrected chi connectivity index (χ3v) is 3.57. The van der Waals surface area contributed by atoms with Crippen LogP contribution in [0.1, 0.15) is 18.4 Å². The Labute approximate surface area is 145 Å². The lowest BCUT2D eigenvalue weighted by Gasteiger charge is -2.21. The van der Waals surface area contributed by atoms with E-state index in [1.807, 2.05) is 4.90 Å². The molecule has 1 aromatic carbocycles. The molecule has 0 saturated carbocycles. The number of aliphatic carboxylic acids is 1. The summed E-state index contributed by atoms with van der Waals surface area (Å²) >= 11 is 0. The van der Waals surface area contributed by atoms with Crippen molar-refractivity contribution in [2.45, 2.75) is 19.3 Å². The summed E-state index contributed by atoms with van der Waals surface area (Å²) < 4.78 is 0. The van der Waals surface area contributed by atoms with E-state index in [0.29, 0.717) is 26.2 Å². The predicted molar refractivity (Wildman–Crippen MR) is 90.2 cm³/mol. The number of aliphatic hydroxyl groups is 1. The first-order chi connectivity index (χ1) is 11.9. The number of aliphatic hydroxyl groups excluding tert-OH is 1. The van der Waals surface area contributed by atoms with E-state index in [9.17, 15) is 19.7 Å². The Hall–Kier alpha value is -2.52. The fraction of sp³-hybridized carbons (Fsp3) is 0.500. The van der Waals surface area contributed by atoms with E-state index in [0.717, 1.165) is 18.4 Å². The number of amides is 1. The van der Waals surface area contributed by atoms with Gasteiger partial charge in [0.1, 0.15) is 6.42 Å². The molecule has 0 aromatic heterocycles. The molecule has 0 atom stereocenters. The highest BCUT2D eigenvalue weighted by molar-refractivity contribution is 5.93. The molecule has 9 nitrogen and oxygen atoms in total. The number of nitro benzene ring substituents is 1. The van der Waals surface area contributed by atoms with Gasteiger partial charge in [-0.05, 0) is 24.9 Å². The average molecular weight is 353 g/mol. The molecule has 0 aliphatic rings. The van der Waals surface area contributed by atoms with Gasteiger partial charge in [0.25, 0.3) is 5.69 Å². The highest BCUT2D eigenvalue weighted by atomic mass is 16.6. The smallest absolute Gasteiger partial charge is 0.312 e. The summed E-state index contributed by atoms with van der Waals surface area (Å²) in [5.74, 6) is -1.71. The predicted octanol–water partition coefficient (Wildman–Crippen LogP) is 0.413. The van der Waals surface area contributed by atoms with Gasteiger partial charge in [-0.15, -0.1) is 0 Å². The topological polar surface area (TPSA) is 133 Å². The van der Waals surface area contributed by atoms with Crippen LogP contribution in [0.15, 0.2) is 24.3 Å². The zero-order valence-electron chi connectivity index (χ0n) is 13.9. The van der Waals surface area contributed by atoms with Crippen molar-refractivity contribution in [2.75, 3.05) is 32.8 Å². The van der Waals surface area contributed by atoms with Crippen LogP contribution in [0.25, 0.3) is 0 Å². The van der Waals surface area contributed by atoms with Gasteiger partial charge in [-0.25, -0.2) is 0 Å². The second-order valence-corrected chi connectivity index (χ2v) is 5.51. The van der Waals surface area contributed by atoms with Gasteiger partial charge in [0.2, 0.25) is 5.91 Å². The molecule has 0 heterocycles. The normalized spacial score (nSPS) is 10.6. The lowest BCUT2D eigenvalue weighted by atomic mass is 10.1. The number of nitrogens with zero attached hydrogens (tertiary/aromatic N) is 2. The molecule has 0 aliphatic heterocycles. The Balaban J connectivity index is 2.33. The summed E-state index contributed by atoms with van der Waals surface area (Å²) in [7, 11) is 0. The van der Waals surface area contributed by atoms with Crippen LogP contribution in [-0.4, -0.2) is 64.7 Å². The summed E-state index contributed by atoms with van der Waals surface area (Å²) in [6.07, 6.45) is 0.978. The second kappa shape index (κ2) is 11.1. The van der Waals surface area contributed by atoms with Crippen molar-refractivity contribution in [2.24, 2.45) is 0 Å². The first-order valence-electron chi connectivity index (χ1n) is 7.97. The maximum atomic E-state index is 11.3. The zero-order valence-corrected chi connectivity index (χ0v) is 13.9. The van der Waals surface area contributed by atoms with Crippen molar-refractivity contribution >= 4 is 17.6 Å². The van der Waals surface area contributed by atoms with Crippen molar-refractivity contribution in [3.05, 3.63) is 39.9 Å². The summed E-state index contributed by atoms with van der Waals surface area (Å²) in [4.78, 5) is 33.8. The molecule has 25 heavy (non-hydrogen) atoms. The Morgan fingerprint density at radius 1 is 1.16 bits per heavy atom. The van der Waals surface area contributed by atoms with Crippen LogP contribution >= 0.6 is 0 Å². The number of nitrogens with one attached hydrogen (secondary N) is 1. The standard InChI is InChI=1S/C16H23N3O6/c20-11-10-18(9-7-17-15(21)12-16(22)23)8-1-2-13-3-5-14(6-4-13)19(24)25/h3-6,20H,1-2,7-12H2,(H,17,21)(H,22,23). The molecule has 0 unspecified atom stereocenters. The lowest BCUT2D eigenvalue weighted by Crippen LogP contribution is -2.37. The molecule has 3 N–H and O–H groups in total. The van der Waals surface area contributed by atoms with Crippen molar-refractivity contribution in [3.8, 4) is 0 Å². The van der Waals surface area contributed by atoms with E-state index in [1.54, 1.807) is 12.1 Å². The van der Waals surface area contributed by atoms with Gasteiger partial charge in [0.05, 0.1) is 11.5 Å². The Bertz CT molecular complexity index is 576. The van der Waals surface area contributed by atoms with Gasteiger partial charge in [-0.2, -0.15) is 0 Å². The highest BCUT2D eigenvalue weighted by Crippen LogP contribution is 2.13. The Kier molecular flexibility index (Phi) is 9.12. The minimum atomic E-state index is -1.17. The maximum absolute atomic E-state index is 11.3. The van der Waals surface area contributed by atoms with Crippen LogP contribution < -0.4 is 5.32 Å². The first-order valence-corrected chi connectivity index (χ1v) is 7.97. The lowest BCUT2D eigenvalue weighted by molar-refractivity contribution is -0.384. The number of aryl methyl sites for hydroxylation is 1. The van der Waals surface area contributed by atoms with Gasteiger partial charge in [-0.1, -0.05) is 12.1 Å². The van der Waals surface area contributed by atoms with Crippen LogP contribution in [0.3, 0.4) is 0 Å². The average Bonchev–Trinajstić information content (AvgIpc) is 2.54. The molecule has 0 saturated heterocycles. The monoisotopic (exact) mass is 353 g/mol. The van der Waals surface area contributed by atoms with Gasteiger partial charge in [0, 0.05) is 31.8 Å². The summed E-state index contributed by atoms with van der Waals surface area (Å²) in [5.41, 5.74) is 1.05. The molecule has 0 radical (unpaired) electrons. The van der Waals surface area contributed by atoms with E-state index >= 15 is 0 Å². The van der Waals surface area contributed by atoms with Crippen LogP contribution in [0, 0.1) is 10.1 Å². The van der Waals surface area contributed by atoms with E-state index < -0.39 is 23.2 Å². The number of non-ortho nitro benzene ring substituents is 1. The second-order valence-electron chi connectivity index (χ2n) is 5.51. The number of hydrogen-bond acceptors (Lipinski definition) is 6. The number of rotatable bonds is 12. The quantitative estimate of drug-likeness (QED) is 0.281. The van der Waals surface area contributed by atoms with E-state index in [2.05, 4.69) is 5.32 Å². The van der Waals surface area contributed by atoms with Gasteiger partial charge in [0.15, 0.2) is 0 Å². The Morgan fingerprint density at radius 2 is 1.84 bits per heavy atom. The fourth-order valence-electron chi connectivity index (χ4n) is 2.32. The minimum Gasteiger partial charge on any atom is -0.481 e. The van der Waals surface area contributed by atoms with Gasteiger partial charge < -0.3 is 15.5 Å². The molecule has 0 spiro atoms. The molecule has 138 valence electrons. The number of nitro groups is 1. The van der Waals surface area contributed by atoms with Crippen LogP contribution in [-0.2, 0) is 16.0 Å². The summed E-state index contributed by atoms with van der Waals surface area (Å²) in [6.45, 7) is 1.94. The summed E-state index contributed by atoms with van der Waals surface area (Å²) in [5, 5.41) is 30.7. The largest absolute Gasteiger partial charge is 0.481 e. The number of carbonyl (C=O) groups excluding carboxylic acids is 1. The van der Waals surface area contributed by atoms with Gasteiger partial charge in [-0.3, -0.25) is 24.6 Å². The third kappa shape index (κ3) is 8.77. The zero-order chi connectivity index (χ0) is 18.7. The van der Waals surface area contributed by atoms with Crippen molar-refractivity contribution < 1.29 is 24.7 Å². The van der Waals surface area contributed by atoms with E-state index in [1.165, 1.54) is 12.1 Å². The van der Waals surface area contributed by atoms with Crippen molar-refractivity contribution in [1.82, 2.24) is 10.2 Å². The van der Waals surface area contributed by atoms with E-state index in [-0.39, 0.29) is 12.3 Å². The Morgan fingerprint density at radius 3 is 2.40 bits per heavy atom.